The molecular formula is C12H20ClN3O2S. The van der Waals surface area contributed by atoms with E-state index in [0.717, 1.165) is 19.5 Å². The Kier molecular flexibility index (Phi) is 6.57. The summed E-state index contributed by atoms with van der Waals surface area (Å²) in [7, 11) is -2.01. The van der Waals surface area contributed by atoms with Crippen molar-refractivity contribution in [3.8, 4) is 0 Å². The zero-order valence-electron chi connectivity index (χ0n) is 11.2. The first kappa shape index (κ1) is 16.2. The van der Waals surface area contributed by atoms with Gasteiger partial charge in [-0.3, -0.25) is 4.72 Å². The second-order valence-corrected chi connectivity index (χ2v) is 6.30. The van der Waals surface area contributed by atoms with E-state index in [9.17, 15) is 8.42 Å². The highest BCUT2D eigenvalue weighted by Gasteiger charge is 2.17. The van der Waals surface area contributed by atoms with Gasteiger partial charge in [-0.1, -0.05) is 30.7 Å². The fourth-order valence-corrected chi connectivity index (χ4v) is 2.70. The Hall–Kier alpha value is -0.820. The Morgan fingerprint density at radius 1 is 1.32 bits per heavy atom. The molecule has 0 heterocycles. The summed E-state index contributed by atoms with van der Waals surface area (Å²) < 4.78 is 27.9. The molecule has 0 aliphatic rings. The van der Waals surface area contributed by atoms with Gasteiger partial charge in [0.15, 0.2) is 0 Å². The molecule has 1 aromatic rings. The van der Waals surface area contributed by atoms with Gasteiger partial charge in [0.2, 0.25) is 0 Å². The van der Waals surface area contributed by atoms with Crippen LogP contribution in [0.15, 0.2) is 24.3 Å². The average Bonchev–Trinajstić information content (AvgIpc) is 2.37. The van der Waals surface area contributed by atoms with Crippen LogP contribution in [0, 0.1) is 0 Å². The van der Waals surface area contributed by atoms with Crippen LogP contribution in [0.4, 0.5) is 5.69 Å². The van der Waals surface area contributed by atoms with Gasteiger partial charge in [-0.25, -0.2) is 0 Å². The van der Waals surface area contributed by atoms with Crippen LogP contribution in [0.25, 0.3) is 0 Å². The molecule has 0 saturated heterocycles. The van der Waals surface area contributed by atoms with E-state index in [-0.39, 0.29) is 0 Å². The molecule has 0 unspecified atom stereocenters. The summed E-state index contributed by atoms with van der Waals surface area (Å²) >= 11 is 5.93. The summed E-state index contributed by atoms with van der Waals surface area (Å²) in [5, 5.41) is 3.53. The van der Waals surface area contributed by atoms with Crippen LogP contribution in [0.1, 0.15) is 13.3 Å². The first-order valence-electron chi connectivity index (χ1n) is 6.16. The molecule has 0 aliphatic carbocycles. The predicted octanol–water partition coefficient (Wildman–Crippen LogP) is 1.93. The zero-order valence-corrected chi connectivity index (χ0v) is 12.8. The van der Waals surface area contributed by atoms with Gasteiger partial charge in [0, 0.05) is 13.6 Å². The molecule has 108 valence electrons. The van der Waals surface area contributed by atoms with Crippen molar-refractivity contribution in [2.75, 3.05) is 31.4 Å². The maximum atomic E-state index is 12.1. The standard InChI is InChI=1S/C12H20ClN3O2S/c1-3-14-9-6-10-16(2)19(17,18)15-12-8-5-4-7-11(12)13/h4-5,7-8,14-15H,3,6,9-10H2,1-2H3. The highest BCUT2D eigenvalue weighted by atomic mass is 35.5. The SMILES string of the molecule is CCNCCCN(C)S(=O)(=O)Nc1ccccc1Cl. The highest BCUT2D eigenvalue weighted by Crippen LogP contribution is 2.22. The van der Waals surface area contributed by atoms with E-state index in [1.54, 1.807) is 31.3 Å². The molecule has 0 atom stereocenters. The number of halogens is 1. The van der Waals surface area contributed by atoms with E-state index >= 15 is 0 Å². The third-order valence-corrected chi connectivity index (χ3v) is 4.41. The lowest BCUT2D eigenvalue weighted by molar-refractivity contribution is 0.459. The number of para-hydroxylation sites is 1. The molecular weight excluding hydrogens is 286 g/mol. The molecule has 5 nitrogen and oxygen atoms in total. The molecule has 1 rings (SSSR count). The second kappa shape index (κ2) is 7.69. The Morgan fingerprint density at radius 3 is 2.63 bits per heavy atom. The molecule has 0 amide bonds. The number of nitrogens with zero attached hydrogens (tertiary/aromatic N) is 1. The maximum Gasteiger partial charge on any atom is 0.301 e. The minimum Gasteiger partial charge on any atom is -0.317 e. The largest absolute Gasteiger partial charge is 0.317 e. The summed E-state index contributed by atoms with van der Waals surface area (Å²) in [6.07, 6.45) is 0.758. The molecule has 7 heteroatoms. The van der Waals surface area contributed by atoms with E-state index in [4.69, 9.17) is 11.6 Å². The third-order valence-electron chi connectivity index (χ3n) is 2.60. The van der Waals surface area contributed by atoms with Crippen LogP contribution in [0.5, 0.6) is 0 Å². The van der Waals surface area contributed by atoms with Crippen molar-refractivity contribution in [2.45, 2.75) is 13.3 Å². The van der Waals surface area contributed by atoms with Gasteiger partial charge in [0.05, 0.1) is 10.7 Å². The van der Waals surface area contributed by atoms with Gasteiger partial charge in [-0.2, -0.15) is 12.7 Å². The van der Waals surface area contributed by atoms with Gasteiger partial charge < -0.3 is 5.32 Å². The molecule has 0 saturated carbocycles. The van der Waals surface area contributed by atoms with Gasteiger partial charge in [0.25, 0.3) is 0 Å². The number of rotatable bonds is 8. The molecule has 0 bridgehead atoms. The molecule has 0 radical (unpaired) electrons. The monoisotopic (exact) mass is 305 g/mol. The minimum absolute atomic E-state index is 0.382. The lowest BCUT2D eigenvalue weighted by atomic mass is 10.3. The maximum absolute atomic E-state index is 12.1. The van der Waals surface area contributed by atoms with Crippen LogP contribution >= 0.6 is 11.6 Å². The van der Waals surface area contributed by atoms with Crippen molar-refractivity contribution in [3.05, 3.63) is 29.3 Å². The first-order valence-corrected chi connectivity index (χ1v) is 7.98. The zero-order chi connectivity index (χ0) is 14.3. The van der Waals surface area contributed by atoms with Crippen LogP contribution in [0.2, 0.25) is 5.02 Å². The molecule has 1 aromatic carbocycles. The van der Waals surface area contributed by atoms with E-state index in [1.807, 2.05) is 6.92 Å². The number of nitrogens with one attached hydrogen (secondary N) is 2. The fraction of sp³-hybridized carbons (Fsp3) is 0.500. The van der Waals surface area contributed by atoms with Crippen molar-refractivity contribution in [2.24, 2.45) is 0 Å². The van der Waals surface area contributed by atoms with E-state index in [1.165, 1.54) is 4.31 Å². The molecule has 0 aromatic heterocycles. The topological polar surface area (TPSA) is 61.4 Å². The minimum atomic E-state index is -3.55. The van der Waals surface area contributed by atoms with Crippen molar-refractivity contribution < 1.29 is 8.42 Å². The van der Waals surface area contributed by atoms with Crippen molar-refractivity contribution >= 4 is 27.5 Å². The second-order valence-electron chi connectivity index (χ2n) is 4.12. The molecule has 0 fully saturated rings. The first-order chi connectivity index (χ1) is 8.97. The smallest absolute Gasteiger partial charge is 0.301 e. The number of hydrogen-bond acceptors (Lipinski definition) is 3. The highest BCUT2D eigenvalue weighted by molar-refractivity contribution is 7.90. The molecule has 0 spiro atoms. The van der Waals surface area contributed by atoms with Crippen molar-refractivity contribution in [3.63, 3.8) is 0 Å². The molecule has 0 aliphatic heterocycles. The van der Waals surface area contributed by atoms with E-state index < -0.39 is 10.2 Å². The summed E-state index contributed by atoms with van der Waals surface area (Å²) in [5.41, 5.74) is 0.391. The van der Waals surface area contributed by atoms with Crippen LogP contribution in [-0.2, 0) is 10.2 Å². The van der Waals surface area contributed by atoms with Crippen molar-refractivity contribution in [1.29, 1.82) is 0 Å². The van der Waals surface area contributed by atoms with Gasteiger partial charge in [-0.15, -0.1) is 0 Å². The number of benzene rings is 1. The predicted molar refractivity (Wildman–Crippen MR) is 79.8 cm³/mol. The summed E-state index contributed by atoms with van der Waals surface area (Å²) in [5.74, 6) is 0. The normalized spacial score (nSPS) is 11.8. The Morgan fingerprint density at radius 2 is 2.00 bits per heavy atom. The van der Waals surface area contributed by atoms with Gasteiger partial charge in [0.1, 0.15) is 0 Å². The van der Waals surface area contributed by atoms with Crippen LogP contribution < -0.4 is 10.0 Å². The Balaban J connectivity index is 2.58. The summed E-state index contributed by atoms with van der Waals surface area (Å²) in [6, 6.07) is 6.76. The molecule has 2 N–H and O–H groups in total. The summed E-state index contributed by atoms with van der Waals surface area (Å²) in [6.45, 7) is 4.14. The lowest BCUT2D eigenvalue weighted by Gasteiger charge is -2.18. The fourth-order valence-electron chi connectivity index (χ4n) is 1.48. The lowest BCUT2D eigenvalue weighted by Crippen LogP contribution is -2.34. The van der Waals surface area contributed by atoms with Crippen molar-refractivity contribution in [1.82, 2.24) is 9.62 Å². The quantitative estimate of drug-likeness (QED) is 0.721. The number of anilines is 1. The Bertz CT molecular complexity index is 494. The van der Waals surface area contributed by atoms with Crippen LogP contribution in [-0.4, -0.2) is 39.4 Å². The number of hydrogen-bond donors (Lipinski definition) is 2. The van der Waals surface area contributed by atoms with Gasteiger partial charge >= 0.3 is 10.2 Å². The third kappa shape index (κ3) is 5.36. The van der Waals surface area contributed by atoms with E-state index in [2.05, 4.69) is 10.0 Å². The Labute approximate surface area is 120 Å². The average molecular weight is 306 g/mol. The molecule has 19 heavy (non-hydrogen) atoms. The van der Waals surface area contributed by atoms with E-state index in [0.29, 0.717) is 17.3 Å². The summed E-state index contributed by atoms with van der Waals surface area (Å²) in [4.78, 5) is 0. The van der Waals surface area contributed by atoms with Gasteiger partial charge in [-0.05, 0) is 31.6 Å². The van der Waals surface area contributed by atoms with Crippen LogP contribution in [0.3, 0.4) is 0 Å².